The number of hydrogen-bond acceptors (Lipinski definition) is 2. The number of nitrogens with zero attached hydrogens (tertiary/aromatic N) is 2. The highest BCUT2D eigenvalue weighted by atomic mass is 16.5. The highest BCUT2D eigenvalue weighted by molar-refractivity contribution is 5.49. The van der Waals surface area contributed by atoms with Gasteiger partial charge < -0.3 is 9.30 Å². The third kappa shape index (κ3) is 1.32. The van der Waals surface area contributed by atoms with Crippen LogP contribution in [0.2, 0.25) is 0 Å². The van der Waals surface area contributed by atoms with E-state index in [1.165, 1.54) is 11.3 Å². The molecular formula is C13H14N2O. The molecule has 3 nitrogen and oxygen atoms in total. The highest BCUT2D eigenvalue weighted by Crippen LogP contribution is 2.27. The second-order valence-corrected chi connectivity index (χ2v) is 4.16. The Morgan fingerprint density at radius 3 is 3.00 bits per heavy atom. The summed E-state index contributed by atoms with van der Waals surface area (Å²) in [4.78, 5) is 4.52. The fourth-order valence-corrected chi connectivity index (χ4v) is 2.30. The lowest BCUT2D eigenvalue weighted by Crippen LogP contribution is -2.11. The average Bonchev–Trinajstić information content (AvgIpc) is 2.69. The van der Waals surface area contributed by atoms with Crippen molar-refractivity contribution in [2.45, 2.75) is 19.8 Å². The van der Waals surface area contributed by atoms with Gasteiger partial charge in [0, 0.05) is 12.6 Å². The summed E-state index contributed by atoms with van der Waals surface area (Å²) in [6.07, 6.45) is 4.15. The molecule has 1 aromatic heterocycles. The van der Waals surface area contributed by atoms with Crippen LogP contribution in [0.5, 0.6) is 5.75 Å². The molecule has 0 amide bonds. The second-order valence-electron chi connectivity index (χ2n) is 4.16. The monoisotopic (exact) mass is 214 g/mol. The molecule has 1 aliphatic rings. The van der Waals surface area contributed by atoms with E-state index in [2.05, 4.69) is 27.9 Å². The summed E-state index contributed by atoms with van der Waals surface area (Å²) in [6, 6.07) is 6.23. The van der Waals surface area contributed by atoms with Crippen molar-refractivity contribution in [3.05, 3.63) is 41.5 Å². The maximum atomic E-state index is 5.25. The molecule has 1 aromatic carbocycles. The van der Waals surface area contributed by atoms with Crippen LogP contribution in [0.25, 0.3) is 5.69 Å². The van der Waals surface area contributed by atoms with Crippen molar-refractivity contribution in [2.75, 3.05) is 7.11 Å². The number of methoxy groups -OCH3 is 1. The number of benzene rings is 1. The van der Waals surface area contributed by atoms with Gasteiger partial charge in [0.1, 0.15) is 11.6 Å². The lowest BCUT2D eigenvalue weighted by Gasteiger charge is -2.18. The van der Waals surface area contributed by atoms with Gasteiger partial charge in [-0.05, 0) is 37.1 Å². The molecule has 3 heteroatoms. The summed E-state index contributed by atoms with van der Waals surface area (Å²) >= 11 is 0. The highest BCUT2D eigenvalue weighted by Gasteiger charge is 2.17. The number of aryl methyl sites for hydroxylation is 3. The van der Waals surface area contributed by atoms with E-state index in [4.69, 9.17) is 4.74 Å². The first-order valence-electron chi connectivity index (χ1n) is 5.50. The molecule has 0 radical (unpaired) electrons. The van der Waals surface area contributed by atoms with E-state index in [1.54, 1.807) is 7.11 Å². The van der Waals surface area contributed by atoms with E-state index < -0.39 is 0 Å². The quantitative estimate of drug-likeness (QED) is 0.728. The van der Waals surface area contributed by atoms with E-state index in [-0.39, 0.29) is 0 Å². The summed E-state index contributed by atoms with van der Waals surface area (Å²) in [5.74, 6) is 2.09. The van der Waals surface area contributed by atoms with Crippen LogP contribution < -0.4 is 4.74 Å². The number of fused-ring (bicyclic) bond motifs is 3. The fraction of sp³-hybridized carbons (Fsp3) is 0.308. The van der Waals surface area contributed by atoms with Gasteiger partial charge in [-0.25, -0.2) is 4.98 Å². The van der Waals surface area contributed by atoms with Gasteiger partial charge in [-0.2, -0.15) is 0 Å². The molecule has 0 bridgehead atoms. The van der Waals surface area contributed by atoms with E-state index >= 15 is 0 Å². The lowest BCUT2D eigenvalue weighted by molar-refractivity contribution is 0.414. The first-order chi connectivity index (χ1) is 7.78. The molecule has 0 atom stereocenters. The Morgan fingerprint density at radius 1 is 1.31 bits per heavy atom. The van der Waals surface area contributed by atoms with Gasteiger partial charge in [0.25, 0.3) is 0 Å². The normalized spacial score (nSPS) is 13.1. The predicted octanol–water partition coefficient (Wildman–Crippen LogP) is 2.29. The van der Waals surface area contributed by atoms with Crippen LogP contribution in [0.1, 0.15) is 17.1 Å². The van der Waals surface area contributed by atoms with E-state index in [1.807, 2.05) is 13.0 Å². The van der Waals surface area contributed by atoms with E-state index in [0.717, 1.165) is 30.1 Å². The molecule has 0 unspecified atom stereocenters. The van der Waals surface area contributed by atoms with Crippen molar-refractivity contribution in [3.8, 4) is 11.4 Å². The molecule has 82 valence electrons. The first-order valence-corrected chi connectivity index (χ1v) is 5.50. The predicted molar refractivity (Wildman–Crippen MR) is 62.3 cm³/mol. The van der Waals surface area contributed by atoms with Crippen LogP contribution in [0.3, 0.4) is 0 Å². The van der Waals surface area contributed by atoms with Crippen molar-refractivity contribution >= 4 is 0 Å². The summed E-state index contributed by atoms with van der Waals surface area (Å²) < 4.78 is 7.44. The molecular weight excluding hydrogens is 200 g/mol. The number of hydrogen-bond donors (Lipinski definition) is 0. The van der Waals surface area contributed by atoms with Crippen LogP contribution in [0.4, 0.5) is 0 Å². The Balaban J connectivity index is 2.17. The Bertz CT molecular complexity index is 543. The van der Waals surface area contributed by atoms with Gasteiger partial charge in [-0.15, -0.1) is 0 Å². The minimum Gasteiger partial charge on any atom is -0.497 e. The number of ether oxygens (including phenoxy) is 1. The summed E-state index contributed by atoms with van der Waals surface area (Å²) in [7, 11) is 1.71. The largest absolute Gasteiger partial charge is 0.497 e. The molecule has 0 N–H and O–H groups in total. The maximum absolute atomic E-state index is 5.25. The molecule has 3 rings (SSSR count). The zero-order valence-corrected chi connectivity index (χ0v) is 9.53. The van der Waals surface area contributed by atoms with Gasteiger partial charge >= 0.3 is 0 Å². The van der Waals surface area contributed by atoms with Crippen LogP contribution in [-0.4, -0.2) is 16.7 Å². The zero-order chi connectivity index (χ0) is 11.1. The molecule has 0 saturated heterocycles. The van der Waals surface area contributed by atoms with Crippen LogP contribution >= 0.6 is 0 Å². The number of rotatable bonds is 1. The second kappa shape index (κ2) is 3.37. The van der Waals surface area contributed by atoms with Crippen molar-refractivity contribution in [1.29, 1.82) is 0 Å². The summed E-state index contributed by atoms with van der Waals surface area (Å²) in [6.45, 7) is 2.04. The van der Waals surface area contributed by atoms with Gasteiger partial charge in [-0.1, -0.05) is 0 Å². The Hall–Kier alpha value is -1.77. The third-order valence-electron chi connectivity index (χ3n) is 3.06. The number of imidazole rings is 1. The molecule has 0 aliphatic carbocycles. The summed E-state index contributed by atoms with van der Waals surface area (Å²) in [5, 5.41) is 0. The SMILES string of the molecule is COc1ccc2c(c1)CCc1nc(C)cn1-2. The lowest BCUT2D eigenvalue weighted by atomic mass is 10.0. The van der Waals surface area contributed by atoms with Crippen molar-refractivity contribution < 1.29 is 4.74 Å². The molecule has 0 spiro atoms. The minimum absolute atomic E-state index is 0.930. The molecule has 2 heterocycles. The van der Waals surface area contributed by atoms with Crippen LogP contribution in [0, 0.1) is 6.92 Å². The van der Waals surface area contributed by atoms with Gasteiger partial charge in [0.05, 0.1) is 18.5 Å². The third-order valence-corrected chi connectivity index (χ3v) is 3.06. The van der Waals surface area contributed by atoms with Crippen molar-refractivity contribution in [3.63, 3.8) is 0 Å². The van der Waals surface area contributed by atoms with E-state index in [0.29, 0.717) is 0 Å². The fourth-order valence-electron chi connectivity index (χ4n) is 2.30. The van der Waals surface area contributed by atoms with Crippen LogP contribution in [0.15, 0.2) is 24.4 Å². The van der Waals surface area contributed by atoms with Crippen LogP contribution in [-0.2, 0) is 12.8 Å². The van der Waals surface area contributed by atoms with Gasteiger partial charge in [0.15, 0.2) is 0 Å². The molecule has 1 aliphatic heterocycles. The van der Waals surface area contributed by atoms with E-state index in [9.17, 15) is 0 Å². The summed E-state index contributed by atoms with van der Waals surface area (Å²) in [5.41, 5.74) is 3.66. The van der Waals surface area contributed by atoms with Crippen molar-refractivity contribution in [2.24, 2.45) is 0 Å². The average molecular weight is 214 g/mol. The Kier molecular flexibility index (Phi) is 1.99. The van der Waals surface area contributed by atoms with Gasteiger partial charge in [-0.3, -0.25) is 0 Å². The molecule has 0 saturated carbocycles. The smallest absolute Gasteiger partial charge is 0.119 e. The first kappa shape index (κ1) is 9.46. The Labute approximate surface area is 94.7 Å². The number of aromatic nitrogens is 2. The molecule has 0 fully saturated rings. The van der Waals surface area contributed by atoms with Crippen molar-refractivity contribution in [1.82, 2.24) is 9.55 Å². The molecule has 16 heavy (non-hydrogen) atoms. The molecule has 2 aromatic rings. The zero-order valence-electron chi connectivity index (χ0n) is 9.53. The maximum Gasteiger partial charge on any atom is 0.119 e. The van der Waals surface area contributed by atoms with Gasteiger partial charge in [0.2, 0.25) is 0 Å². The minimum atomic E-state index is 0.930. The topological polar surface area (TPSA) is 27.1 Å². The standard InChI is InChI=1S/C13H14N2O/c1-9-8-15-12-5-4-11(16-2)7-10(12)3-6-13(15)14-9/h4-5,7-8H,3,6H2,1-2H3. The Morgan fingerprint density at radius 2 is 2.19 bits per heavy atom.